The Morgan fingerprint density at radius 1 is 1.27 bits per heavy atom. The van der Waals surface area contributed by atoms with Crippen molar-refractivity contribution in [1.29, 1.82) is 0 Å². The quantitative estimate of drug-likeness (QED) is 0.739. The van der Waals surface area contributed by atoms with E-state index in [0.717, 1.165) is 11.3 Å². The van der Waals surface area contributed by atoms with Gasteiger partial charge in [-0.1, -0.05) is 18.2 Å². The van der Waals surface area contributed by atoms with Crippen LogP contribution in [-0.2, 0) is 16.0 Å². The van der Waals surface area contributed by atoms with E-state index in [9.17, 15) is 14.4 Å². The van der Waals surface area contributed by atoms with Crippen molar-refractivity contribution in [2.75, 3.05) is 24.5 Å². The fourth-order valence-corrected chi connectivity index (χ4v) is 3.06. The molecule has 0 spiro atoms. The smallest absolute Gasteiger partial charge is 0.324 e. The molecule has 0 unspecified atom stereocenters. The van der Waals surface area contributed by atoms with Gasteiger partial charge in [-0.05, 0) is 18.1 Å². The summed E-state index contributed by atoms with van der Waals surface area (Å²) < 4.78 is 0. The van der Waals surface area contributed by atoms with Crippen molar-refractivity contribution >= 4 is 23.5 Å². The van der Waals surface area contributed by atoms with Gasteiger partial charge in [-0.2, -0.15) is 0 Å². The third-order valence-electron chi connectivity index (χ3n) is 4.14. The van der Waals surface area contributed by atoms with Crippen LogP contribution in [0.3, 0.4) is 0 Å². The van der Waals surface area contributed by atoms with Crippen LogP contribution in [0.4, 0.5) is 10.5 Å². The number of para-hydroxylation sites is 1. The maximum Gasteiger partial charge on any atom is 0.324 e. The van der Waals surface area contributed by atoms with Crippen LogP contribution in [0.25, 0.3) is 0 Å². The Morgan fingerprint density at radius 3 is 2.73 bits per heavy atom. The van der Waals surface area contributed by atoms with E-state index in [-0.39, 0.29) is 30.4 Å². The first-order valence-electron chi connectivity index (χ1n) is 7.30. The van der Waals surface area contributed by atoms with Gasteiger partial charge in [0.1, 0.15) is 6.04 Å². The van der Waals surface area contributed by atoms with Gasteiger partial charge in [-0.3, -0.25) is 14.5 Å². The summed E-state index contributed by atoms with van der Waals surface area (Å²) in [5.41, 5.74) is 7.60. The zero-order valence-electron chi connectivity index (χ0n) is 12.1. The number of anilines is 1. The number of benzene rings is 1. The van der Waals surface area contributed by atoms with Crippen LogP contribution in [0.2, 0.25) is 0 Å². The number of imide groups is 1. The Bertz CT molecular complexity index is 615. The molecule has 4 amide bonds. The summed E-state index contributed by atoms with van der Waals surface area (Å²) in [6, 6.07) is 7.10. The van der Waals surface area contributed by atoms with Crippen molar-refractivity contribution in [3.8, 4) is 0 Å². The summed E-state index contributed by atoms with van der Waals surface area (Å²) in [6.45, 7) is 0.978. The molecule has 22 heavy (non-hydrogen) atoms. The summed E-state index contributed by atoms with van der Waals surface area (Å²) in [7, 11) is 0. The third-order valence-corrected chi connectivity index (χ3v) is 4.14. The molecule has 3 rings (SSSR count). The molecule has 0 saturated carbocycles. The average Bonchev–Trinajstić information content (AvgIpc) is 3.02. The number of amides is 4. The van der Waals surface area contributed by atoms with Crippen LogP contribution in [0, 0.1) is 0 Å². The van der Waals surface area contributed by atoms with E-state index in [1.165, 1.54) is 4.90 Å². The zero-order valence-corrected chi connectivity index (χ0v) is 12.1. The molecule has 0 aliphatic carbocycles. The number of urea groups is 1. The molecule has 2 aliphatic heterocycles. The fraction of sp³-hybridized carbons (Fsp3) is 0.400. The van der Waals surface area contributed by atoms with Gasteiger partial charge in [0.15, 0.2) is 0 Å². The number of carbonyl (C=O) groups excluding carboxylic acids is 3. The van der Waals surface area contributed by atoms with Crippen molar-refractivity contribution in [2.45, 2.75) is 18.9 Å². The lowest BCUT2D eigenvalue weighted by Crippen LogP contribution is -2.44. The predicted octanol–water partition coefficient (Wildman–Crippen LogP) is -0.155. The molecule has 116 valence electrons. The summed E-state index contributed by atoms with van der Waals surface area (Å²) in [5, 5.41) is 2.49. The molecule has 2 heterocycles. The summed E-state index contributed by atoms with van der Waals surface area (Å²) in [6.07, 6.45) is 1.20. The monoisotopic (exact) mass is 302 g/mol. The average molecular weight is 302 g/mol. The van der Waals surface area contributed by atoms with Crippen molar-refractivity contribution in [1.82, 2.24) is 10.2 Å². The second-order valence-corrected chi connectivity index (χ2v) is 5.50. The number of nitrogens with one attached hydrogen (secondary N) is 1. The number of fused-ring (bicyclic) bond motifs is 1. The predicted molar refractivity (Wildman–Crippen MR) is 80.2 cm³/mol. The molecule has 7 heteroatoms. The standard InChI is InChI=1S/C15H18N4O3/c16-14(21)12-8-10-4-1-2-5-11(10)18(12)6-3-7-19-13(20)9-17-15(19)22/h1-2,4-5,12H,3,6-9H2,(H2,16,21)(H,17,22)/t12-/m0/s1. The van der Waals surface area contributed by atoms with Gasteiger partial charge in [0.05, 0.1) is 6.54 Å². The Labute approximate surface area is 128 Å². The van der Waals surface area contributed by atoms with E-state index in [1.54, 1.807) is 0 Å². The maximum absolute atomic E-state index is 11.7. The first-order chi connectivity index (χ1) is 10.6. The van der Waals surface area contributed by atoms with Crippen molar-refractivity contribution < 1.29 is 14.4 Å². The molecular formula is C15H18N4O3. The molecule has 1 saturated heterocycles. The highest BCUT2D eigenvalue weighted by Gasteiger charge is 2.33. The van der Waals surface area contributed by atoms with Crippen molar-refractivity contribution in [3.63, 3.8) is 0 Å². The zero-order chi connectivity index (χ0) is 15.7. The molecule has 1 aromatic rings. The van der Waals surface area contributed by atoms with Gasteiger partial charge < -0.3 is 16.0 Å². The molecule has 0 aromatic heterocycles. The summed E-state index contributed by atoms with van der Waals surface area (Å²) in [5.74, 6) is -0.565. The van der Waals surface area contributed by atoms with Crippen LogP contribution in [0.1, 0.15) is 12.0 Å². The van der Waals surface area contributed by atoms with E-state index < -0.39 is 0 Å². The highest BCUT2D eigenvalue weighted by atomic mass is 16.2. The number of nitrogens with zero attached hydrogens (tertiary/aromatic N) is 2. The number of hydrogen-bond acceptors (Lipinski definition) is 4. The first-order valence-corrected chi connectivity index (χ1v) is 7.30. The van der Waals surface area contributed by atoms with Crippen molar-refractivity contribution in [2.24, 2.45) is 5.73 Å². The molecule has 2 aliphatic rings. The lowest BCUT2D eigenvalue weighted by molar-refractivity contribution is -0.125. The number of carbonyl (C=O) groups is 3. The van der Waals surface area contributed by atoms with Gasteiger partial charge in [-0.15, -0.1) is 0 Å². The van der Waals surface area contributed by atoms with Crippen molar-refractivity contribution in [3.05, 3.63) is 29.8 Å². The van der Waals surface area contributed by atoms with E-state index in [1.807, 2.05) is 29.2 Å². The molecule has 3 N–H and O–H groups in total. The lowest BCUT2D eigenvalue weighted by atomic mass is 10.1. The Balaban J connectivity index is 1.66. The molecule has 1 aromatic carbocycles. The molecule has 7 nitrogen and oxygen atoms in total. The van der Waals surface area contributed by atoms with Gasteiger partial charge >= 0.3 is 6.03 Å². The normalized spacial score (nSPS) is 20.3. The SMILES string of the molecule is NC(=O)[C@@H]1Cc2ccccc2N1CCCN1C(=O)CNC1=O. The second kappa shape index (κ2) is 5.67. The number of rotatable bonds is 5. The lowest BCUT2D eigenvalue weighted by Gasteiger charge is -2.26. The Kier molecular flexibility index (Phi) is 3.70. The number of hydrogen-bond donors (Lipinski definition) is 2. The molecule has 1 atom stereocenters. The van der Waals surface area contributed by atoms with Crippen LogP contribution < -0.4 is 16.0 Å². The van der Waals surface area contributed by atoms with Gasteiger partial charge in [0.25, 0.3) is 0 Å². The molecule has 0 bridgehead atoms. The van der Waals surface area contributed by atoms with E-state index in [4.69, 9.17) is 5.73 Å². The van der Waals surface area contributed by atoms with E-state index in [0.29, 0.717) is 25.9 Å². The molecular weight excluding hydrogens is 284 g/mol. The van der Waals surface area contributed by atoms with Gasteiger partial charge in [0, 0.05) is 25.2 Å². The first kappa shape index (κ1) is 14.4. The van der Waals surface area contributed by atoms with Crippen LogP contribution in [-0.4, -0.2) is 48.4 Å². The number of nitrogens with two attached hydrogens (primary N) is 1. The minimum Gasteiger partial charge on any atom is -0.368 e. The Morgan fingerprint density at radius 2 is 2.05 bits per heavy atom. The van der Waals surface area contributed by atoms with E-state index >= 15 is 0 Å². The summed E-state index contributed by atoms with van der Waals surface area (Å²) >= 11 is 0. The van der Waals surface area contributed by atoms with Crippen LogP contribution >= 0.6 is 0 Å². The molecule has 1 fully saturated rings. The highest BCUT2D eigenvalue weighted by molar-refractivity contribution is 6.01. The third kappa shape index (κ3) is 2.49. The maximum atomic E-state index is 11.7. The van der Waals surface area contributed by atoms with Crippen LogP contribution in [0.5, 0.6) is 0 Å². The van der Waals surface area contributed by atoms with E-state index in [2.05, 4.69) is 5.32 Å². The molecule has 0 radical (unpaired) electrons. The summed E-state index contributed by atoms with van der Waals surface area (Å²) in [4.78, 5) is 37.9. The van der Waals surface area contributed by atoms with Gasteiger partial charge in [0.2, 0.25) is 11.8 Å². The largest absolute Gasteiger partial charge is 0.368 e. The minimum atomic E-state index is -0.361. The highest BCUT2D eigenvalue weighted by Crippen LogP contribution is 2.31. The van der Waals surface area contributed by atoms with Crippen LogP contribution in [0.15, 0.2) is 24.3 Å². The van der Waals surface area contributed by atoms with Gasteiger partial charge in [-0.25, -0.2) is 4.79 Å². The second-order valence-electron chi connectivity index (χ2n) is 5.50. The fourth-order valence-electron chi connectivity index (χ4n) is 3.06. The topological polar surface area (TPSA) is 95.7 Å². The number of primary amides is 1. The minimum absolute atomic E-state index is 0.0648. The Hall–Kier alpha value is -2.57.